The van der Waals surface area contributed by atoms with E-state index >= 15 is 0 Å². The van der Waals surface area contributed by atoms with E-state index in [1.807, 2.05) is 43.4 Å². The van der Waals surface area contributed by atoms with Gasteiger partial charge in [0.05, 0.1) is 24.8 Å². The summed E-state index contributed by atoms with van der Waals surface area (Å²) in [4.78, 5) is 27.1. The molecule has 1 aromatic rings. The van der Waals surface area contributed by atoms with Gasteiger partial charge in [-0.3, -0.25) is 4.79 Å². The fraction of sp³-hybridized carbons (Fsp3) is 0.333. The van der Waals surface area contributed by atoms with Crippen molar-refractivity contribution >= 4 is 17.6 Å². The van der Waals surface area contributed by atoms with Crippen molar-refractivity contribution in [3.05, 3.63) is 72.1 Å². The van der Waals surface area contributed by atoms with Gasteiger partial charge in [-0.1, -0.05) is 31.2 Å². The SMILES string of the molecule is CCCN(CC1C=CC(C(=O)NC2CC=CC=C2N)=CN1)C(=O)Nc1cccc(OC)c1. The molecule has 1 aromatic carbocycles. The van der Waals surface area contributed by atoms with Gasteiger partial charge in [0.15, 0.2) is 0 Å². The Morgan fingerprint density at radius 3 is 2.88 bits per heavy atom. The highest BCUT2D eigenvalue weighted by Gasteiger charge is 2.21. The van der Waals surface area contributed by atoms with E-state index in [9.17, 15) is 9.59 Å². The van der Waals surface area contributed by atoms with Gasteiger partial charge >= 0.3 is 6.03 Å². The third kappa shape index (κ3) is 6.16. The molecule has 0 saturated heterocycles. The molecule has 0 radical (unpaired) electrons. The molecule has 0 bridgehead atoms. The Morgan fingerprint density at radius 2 is 2.19 bits per heavy atom. The molecule has 32 heavy (non-hydrogen) atoms. The molecular formula is C24H31N5O3. The number of benzene rings is 1. The average Bonchev–Trinajstić information content (AvgIpc) is 2.80. The molecule has 170 valence electrons. The molecule has 2 atom stereocenters. The number of dihydropyridines is 1. The normalized spacial score (nSPS) is 19.3. The van der Waals surface area contributed by atoms with Crippen LogP contribution < -0.4 is 26.4 Å². The van der Waals surface area contributed by atoms with Gasteiger partial charge in [0.1, 0.15) is 5.75 Å². The molecule has 2 aliphatic rings. The van der Waals surface area contributed by atoms with E-state index in [4.69, 9.17) is 10.5 Å². The van der Waals surface area contributed by atoms with Gasteiger partial charge in [-0.25, -0.2) is 4.79 Å². The smallest absolute Gasteiger partial charge is 0.321 e. The highest BCUT2D eigenvalue weighted by molar-refractivity contribution is 5.96. The van der Waals surface area contributed by atoms with Crippen LogP contribution in [0.25, 0.3) is 0 Å². The summed E-state index contributed by atoms with van der Waals surface area (Å²) in [5.41, 5.74) is 7.79. The lowest BCUT2D eigenvalue weighted by Gasteiger charge is -2.28. The zero-order chi connectivity index (χ0) is 22.9. The minimum absolute atomic E-state index is 0.100. The lowest BCUT2D eigenvalue weighted by atomic mass is 10.0. The first-order chi connectivity index (χ1) is 15.5. The van der Waals surface area contributed by atoms with E-state index in [-0.39, 0.29) is 24.0 Å². The molecule has 5 N–H and O–H groups in total. The van der Waals surface area contributed by atoms with Crippen molar-refractivity contribution in [1.82, 2.24) is 15.5 Å². The third-order valence-corrected chi connectivity index (χ3v) is 5.25. The van der Waals surface area contributed by atoms with Crippen molar-refractivity contribution in [1.29, 1.82) is 0 Å². The fourth-order valence-electron chi connectivity index (χ4n) is 3.49. The Balaban J connectivity index is 1.55. The van der Waals surface area contributed by atoms with E-state index in [1.54, 1.807) is 36.4 Å². The maximum Gasteiger partial charge on any atom is 0.321 e. The van der Waals surface area contributed by atoms with E-state index in [0.29, 0.717) is 42.2 Å². The number of methoxy groups -OCH3 is 1. The first-order valence-corrected chi connectivity index (χ1v) is 10.8. The summed E-state index contributed by atoms with van der Waals surface area (Å²) < 4.78 is 5.21. The van der Waals surface area contributed by atoms with Crippen LogP contribution in [0.5, 0.6) is 5.75 Å². The van der Waals surface area contributed by atoms with Crippen LogP contribution in [0.3, 0.4) is 0 Å². The van der Waals surface area contributed by atoms with Gasteiger partial charge in [0.25, 0.3) is 5.91 Å². The second kappa shape index (κ2) is 11.1. The highest BCUT2D eigenvalue weighted by atomic mass is 16.5. The molecule has 1 aliphatic heterocycles. The summed E-state index contributed by atoms with van der Waals surface area (Å²) in [6, 6.07) is 6.77. The van der Waals surface area contributed by atoms with Crippen molar-refractivity contribution in [3.8, 4) is 5.75 Å². The van der Waals surface area contributed by atoms with Crippen LogP contribution in [0.2, 0.25) is 0 Å². The van der Waals surface area contributed by atoms with Crippen LogP contribution in [0.15, 0.2) is 72.1 Å². The predicted molar refractivity (Wildman–Crippen MR) is 126 cm³/mol. The molecular weight excluding hydrogens is 406 g/mol. The number of hydrogen-bond acceptors (Lipinski definition) is 5. The van der Waals surface area contributed by atoms with E-state index in [2.05, 4.69) is 16.0 Å². The molecule has 3 amide bonds. The Hall–Kier alpha value is -3.68. The number of urea groups is 1. The summed E-state index contributed by atoms with van der Waals surface area (Å²) in [6.45, 7) is 3.10. The van der Waals surface area contributed by atoms with Crippen molar-refractivity contribution in [3.63, 3.8) is 0 Å². The van der Waals surface area contributed by atoms with Crippen LogP contribution in [-0.2, 0) is 4.79 Å². The van der Waals surface area contributed by atoms with Crippen LogP contribution >= 0.6 is 0 Å². The Bertz CT molecular complexity index is 951. The summed E-state index contributed by atoms with van der Waals surface area (Å²) in [5, 5.41) is 9.08. The van der Waals surface area contributed by atoms with Crippen molar-refractivity contribution in [2.45, 2.75) is 31.8 Å². The standard InChI is InChI=1S/C24H31N5O3/c1-3-13-29(24(31)27-18-7-6-8-20(14-18)32-2)16-19-12-11-17(15-26-19)23(30)28-22-10-5-4-9-21(22)25/h4-9,11-12,14-15,19,22,26H,3,10,13,16,25H2,1-2H3,(H,27,31)(H,28,30). The number of allylic oxidation sites excluding steroid dienone is 2. The van der Waals surface area contributed by atoms with Crippen LogP contribution in [0, 0.1) is 0 Å². The van der Waals surface area contributed by atoms with Gasteiger partial charge in [-0.05, 0) is 37.1 Å². The minimum Gasteiger partial charge on any atom is -0.497 e. The number of rotatable bonds is 8. The lowest BCUT2D eigenvalue weighted by Crippen LogP contribution is -2.45. The molecule has 1 aliphatic carbocycles. The van der Waals surface area contributed by atoms with E-state index < -0.39 is 0 Å². The van der Waals surface area contributed by atoms with Gasteiger partial charge < -0.3 is 31.3 Å². The average molecular weight is 438 g/mol. The van der Waals surface area contributed by atoms with E-state index in [1.165, 1.54) is 0 Å². The quantitative estimate of drug-likeness (QED) is 0.500. The maximum atomic E-state index is 12.8. The number of nitrogens with two attached hydrogens (primary N) is 1. The molecule has 8 heteroatoms. The van der Waals surface area contributed by atoms with Crippen LogP contribution in [0.1, 0.15) is 19.8 Å². The number of anilines is 1. The number of hydrogen-bond donors (Lipinski definition) is 4. The summed E-state index contributed by atoms with van der Waals surface area (Å²) >= 11 is 0. The minimum atomic E-state index is -0.195. The topological polar surface area (TPSA) is 109 Å². The van der Waals surface area contributed by atoms with Gasteiger partial charge in [0.2, 0.25) is 0 Å². The number of nitrogens with one attached hydrogen (secondary N) is 3. The fourth-order valence-corrected chi connectivity index (χ4v) is 3.49. The molecule has 0 spiro atoms. The zero-order valence-corrected chi connectivity index (χ0v) is 18.5. The largest absolute Gasteiger partial charge is 0.497 e. The third-order valence-electron chi connectivity index (χ3n) is 5.25. The molecule has 0 aromatic heterocycles. The Labute approximate surface area is 188 Å². The van der Waals surface area contributed by atoms with Crippen molar-refractivity contribution in [2.24, 2.45) is 5.73 Å². The first-order valence-electron chi connectivity index (χ1n) is 10.8. The molecule has 3 rings (SSSR count). The number of nitrogens with zero attached hydrogens (tertiary/aromatic N) is 1. The Kier molecular flexibility index (Phi) is 7.96. The highest BCUT2D eigenvalue weighted by Crippen LogP contribution is 2.17. The summed E-state index contributed by atoms with van der Waals surface area (Å²) in [7, 11) is 1.59. The molecule has 0 fully saturated rings. The zero-order valence-electron chi connectivity index (χ0n) is 18.5. The van der Waals surface area contributed by atoms with Gasteiger partial charge in [0, 0.05) is 36.7 Å². The summed E-state index contributed by atoms with van der Waals surface area (Å²) in [5.74, 6) is 0.490. The number of carbonyl (C=O) groups is 2. The second-order valence-electron chi connectivity index (χ2n) is 7.70. The Morgan fingerprint density at radius 1 is 1.34 bits per heavy atom. The van der Waals surface area contributed by atoms with Crippen LogP contribution in [0.4, 0.5) is 10.5 Å². The lowest BCUT2D eigenvalue weighted by molar-refractivity contribution is -0.117. The van der Waals surface area contributed by atoms with Crippen LogP contribution in [-0.4, -0.2) is 49.1 Å². The first kappa shape index (κ1) is 23.0. The molecule has 0 saturated carbocycles. The number of amides is 3. The summed E-state index contributed by atoms with van der Waals surface area (Å²) in [6.07, 6.45) is 12.5. The van der Waals surface area contributed by atoms with Gasteiger partial charge in [-0.15, -0.1) is 0 Å². The molecule has 1 heterocycles. The predicted octanol–water partition coefficient (Wildman–Crippen LogP) is 2.64. The second-order valence-corrected chi connectivity index (χ2v) is 7.70. The van der Waals surface area contributed by atoms with Crippen molar-refractivity contribution < 1.29 is 14.3 Å². The van der Waals surface area contributed by atoms with Crippen molar-refractivity contribution in [2.75, 3.05) is 25.5 Å². The van der Waals surface area contributed by atoms with E-state index in [0.717, 1.165) is 6.42 Å². The molecule has 2 unspecified atom stereocenters. The van der Waals surface area contributed by atoms with Gasteiger partial charge in [-0.2, -0.15) is 0 Å². The molecule has 8 nitrogen and oxygen atoms in total. The number of carbonyl (C=O) groups excluding carboxylic acids is 2. The number of ether oxygens (including phenoxy) is 1. The monoisotopic (exact) mass is 437 g/mol. The maximum absolute atomic E-state index is 12.8.